The van der Waals surface area contributed by atoms with Crippen LogP contribution in [0.25, 0.3) is 0 Å². The van der Waals surface area contributed by atoms with Gasteiger partial charge in [-0.05, 0) is 41.8 Å². The molecule has 1 aromatic carbocycles. The second kappa shape index (κ2) is 5.31. The standard InChI is InChI=1S/C16H18N2O/c1-2-15(18-14-4-3-8-17-11-14)12-5-6-16-13(10-12)7-9-19-16/h3-6,8,10-11,15,18H,2,7,9H2,1H3. The van der Waals surface area contributed by atoms with E-state index in [0.717, 1.165) is 30.9 Å². The van der Waals surface area contributed by atoms with Crippen molar-refractivity contribution in [2.75, 3.05) is 11.9 Å². The zero-order valence-corrected chi connectivity index (χ0v) is 11.1. The van der Waals surface area contributed by atoms with Crippen LogP contribution >= 0.6 is 0 Å². The van der Waals surface area contributed by atoms with Crippen LogP contribution in [0.15, 0.2) is 42.7 Å². The number of aromatic nitrogens is 1. The van der Waals surface area contributed by atoms with Crippen molar-refractivity contribution >= 4 is 5.69 Å². The molecule has 2 heterocycles. The first-order valence-electron chi connectivity index (χ1n) is 6.79. The van der Waals surface area contributed by atoms with Crippen molar-refractivity contribution in [3.63, 3.8) is 0 Å². The first-order valence-corrected chi connectivity index (χ1v) is 6.79. The number of rotatable bonds is 4. The molecule has 98 valence electrons. The maximum atomic E-state index is 5.55. The fourth-order valence-corrected chi connectivity index (χ4v) is 2.49. The molecule has 1 unspecified atom stereocenters. The molecule has 0 amide bonds. The topological polar surface area (TPSA) is 34.2 Å². The van der Waals surface area contributed by atoms with Crippen LogP contribution in [-0.2, 0) is 6.42 Å². The van der Waals surface area contributed by atoms with Gasteiger partial charge in [-0.15, -0.1) is 0 Å². The highest BCUT2D eigenvalue weighted by molar-refractivity contribution is 5.46. The van der Waals surface area contributed by atoms with Gasteiger partial charge in [0.05, 0.1) is 18.3 Å². The summed E-state index contributed by atoms with van der Waals surface area (Å²) in [7, 11) is 0. The third-order valence-corrected chi connectivity index (χ3v) is 3.53. The predicted molar refractivity (Wildman–Crippen MR) is 76.5 cm³/mol. The van der Waals surface area contributed by atoms with E-state index in [1.54, 1.807) is 6.20 Å². The number of fused-ring (bicyclic) bond motifs is 1. The van der Waals surface area contributed by atoms with Crippen LogP contribution in [0.4, 0.5) is 5.69 Å². The van der Waals surface area contributed by atoms with E-state index in [-0.39, 0.29) is 0 Å². The van der Waals surface area contributed by atoms with E-state index in [9.17, 15) is 0 Å². The molecule has 0 saturated carbocycles. The lowest BCUT2D eigenvalue weighted by atomic mass is 10.0. The molecule has 0 spiro atoms. The summed E-state index contributed by atoms with van der Waals surface area (Å²) in [6.45, 7) is 3.00. The van der Waals surface area contributed by atoms with Gasteiger partial charge in [-0.2, -0.15) is 0 Å². The summed E-state index contributed by atoms with van der Waals surface area (Å²) in [4.78, 5) is 4.14. The van der Waals surface area contributed by atoms with Gasteiger partial charge in [-0.1, -0.05) is 13.0 Å². The number of ether oxygens (including phenoxy) is 1. The number of pyridine rings is 1. The summed E-state index contributed by atoms with van der Waals surface area (Å²) in [6.07, 6.45) is 5.71. The van der Waals surface area contributed by atoms with Crippen LogP contribution in [0.2, 0.25) is 0 Å². The summed E-state index contributed by atoms with van der Waals surface area (Å²) in [5.74, 6) is 1.04. The number of hydrogen-bond acceptors (Lipinski definition) is 3. The third-order valence-electron chi connectivity index (χ3n) is 3.53. The summed E-state index contributed by atoms with van der Waals surface area (Å²) in [6, 6.07) is 10.8. The van der Waals surface area contributed by atoms with Crippen LogP contribution in [-0.4, -0.2) is 11.6 Å². The maximum Gasteiger partial charge on any atom is 0.122 e. The Kier molecular flexibility index (Phi) is 3.36. The molecule has 1 N–H and O–H groups in total. The number of nitrogens with one attached hydrogen (secondary N) is 1. The Bertz CT molecular complexity index is 554. The summed E-state index contributed by atoms with van der Waals surface area (Å²) in [5.41, 5.74) is 3.70. The Morgan fingerprint density at radius 3 is 3.11 bits per heavy atom. The Balaban J connectivity index is 1.82. The SMILES string of the molecule is CCC(Nc1cccnc1)c1ccc2c(c1)CCO2. The van der Waals surface area contributed by atoms with E-state index in [4.69, 9.17) is 4.74 Å². The van der Waals surface area contributed by atoms with Crippen molar-refractivity contribution in [1.82, 2.24) is 4.98 Å². The van der Waals surface area contributed by atoms with Gasteiger partial charge in [-0.25, -0.2) is 0 Å². The highest BCUT2D eigenvalue weighted by Gasteiger charge is 2.15. The molecule has 3 rings (SSSR count). The highest BCUT2D eigenvalue weighted by Crippen LogP contribution is 2.30. The molecule has 0 aliphatic carbocycles. The van der Waals surface area contributed by atoms with Crippen LogP contribution < -0.4 is 10.1 Å². The quantitative estimate of drug-likeness (QED) is 0.905. The average molecular weight is 254 g/mol. The minimum absolute atomic E-state index is 0.315. The smallest absolute Gasteiger partial charge is 0.122 e. The van der Waals surface area contributed by atoms with Crippen molar-refractivity contribution in [1.29, 1.82) is 0 Å². The van der Waals surface area contributed by atoms with Crippen LogP contribution in [0, 0.1) is 0 Å². The number of hydrogen-bond donors (Lipinski definition) is 1. The summed E-state index contributed by atoms with van der Waals surface area (Å²) in [5, 5.41) is 3.53. The van der Waals surface area contributed by atoms with Crippen molar-refractivity contribution in [3.05, 3.63) is 53.9 Å². The van der Waals surface area contributed by atoms with Gasteiger partial charge in [0.15, 0.2) is 0 Å². The van der Waals surface area contributed by atoms with Crippen LogP contribution in [0.1, 0.15) is 30.5 Å². The molecule has 1 aromatic heterocycles. The van der Waals surface area contributed by atoms with Crippen molar-refractivity contribution < 1.29 is 4.74 Å². The Labute approximate surface area is 113 Å². The summed E-state index contributed by atoms with van der Waals surface area (Å²) < 4.78 is 5.55. The van der Waals surface area contributed by atoms with E-state index in [2.05, 4.69) is 35.4 Å². The lowest BCUT2D eigenvalue weighted by molar-refractivity contribution is 0.357. The van der Waals surface area contributed by atoms with E-state index in [0.29, 0.717) is 6.04 Å². The molecule has 2 aromatic rings. The second-order valence-corrected chi connectivity index (χ2v) is 4.81. The Morgan fingerprint density at radius 1 is 1.37 bits per heavy atom. The Morgan fingerprint density at radius 2 is 2.32 bits per heavy atom. The van der Waals surface area contributed by atoms with Crippen molar-refractivity contribution in [2.24, 2.45) is 0 Å². The van der Waals surface area contributed by atoms with Gasteiger partial charge in [-0.3, -0.25) is 4.98 Å². The molecular formula is C16H18N2O. The maximum absolute atomic E-state index is 5.55. The van der Waals surface area contributed by atoms with Gasteiger partial charge >= 0.3 is 0 Å². The first-order chi connectivity index (χ1) is 9.36. The molecular weight excluding hydrogens is 236 g/mol. The zero-order valence-electron chi connectivity index (χ0n) is 11.1. The van der Waals surface area contributed by atoms with Gasteiger partial charge in [0.2, 0.25) is 0 Å². The minimum Gasteiger partial charge on any atom is -0.493 e. The zero-order chi connectivity index (χ0) is 13.1. The molecule has 19 heavy (non-hydrogen) atoms. The third kappa shape index (κ3) is 2.55. The van der Waals surface area contributed by atoms with E-state index >= 15 is 0 Å². The fraction of sp³-hybridized carbons (Fsp3) is 0.312. The van der Waals surface area contributed by atoms with E-state index < -0.39 is 0 Å². The average Bonchev–Trinajstić information content (AvgIpc) is 2.93. The molecule has 0 fully saturated rings. The number of benzene rings is 1. The minimum atomic E-state index is 0.315. The van der Waals surface area contributed by atoms with E-state index in [1.165, 1.54) is 11.1 Å². The molecule has 0 bridgehead atoms. The van der Waals surface area contributed by atoms with E-state index in [1.807, 2.05) is 18.3 Å². The lowest BCUT2D eigenvalue weighted by Crippen LogP contribution is -2.10. The van der Waals surface area contributed by atoms with Crippen LogP contribution in [0.5, 0.6) is 5.75 Å². The molecule has 1 atom stereocenters. The summed E-state index contributed by atoms with van der Waals surface area (Å²) >= 11 is 0. The first kappa shape index (κ1) is 12.0. The van der Waals surface area contributed by atoms with Gasteiger partial charge in [0.25, 0.3) is 0 Å². The molecule has 3 heteroatoms. The molecule has 1 aliphatic rings. The molecule has 0 radical (unpaired) electrons. The molecule has 3 nitrogen and oxygen atoms in total. The normalized spacial score (nSPS) is 14.6. The molecule has 0 saturated heterocycles. The monoisotopic (exact) mass is 254 g/mol. The van der Waals surface area contributed by atoms with Crippen molar-refractivity contribution in [3.8, 4) is 5.75 Å². The van der Waals surface area contributed by atoms with Gasteiger partial charge in [0.1, 0.15) is 5.75 Å². The molecule has 1 aliphatic heterocycles. The van der Waals surface area contributed by atoms with Gasteiger partial charge in [0, 0.05) is 18.8 Å². The Hall–Kier alpha value is -2.03. The lowest BCUT2D eigenvalue weighted by Gasteiger charge is -2.19. The highest BCUT2D eigenvalue weighted by atomic mass is 16.5. The van der Waals surface area contributed by atoms with Crippen molar-refractivity contribution in [2.45, 2.75) is 25.8 Å². The fourth-order valence-electron chi connectivity index (χ4n) is 2.49. The predicted octanol–water partition coefficient (Wildman–Crippen LogP) is 3.58. The number of anilines is 1. The van der Waals surface area contributed by atoms with Gasteiger partial charge < -0.3 is 10.1 Å². The number of nitrogens with zero attached hydrogens (tertiary/aromatic N) is 1. The largest absolute Gasteiger partial charge is 0.493 e. The second-order valence-electron chi connectivity index (χ2n) is 4.81. The van der Waals surface area contributed by atoms with Crippen LogP contribution in [0.3, 0.4) is 0 Å².